The molecule has 0 fully saturated rings. The van der Waals surface area contributed by atoms with Gasteiger partial charge >= 0.3 is 0 Å². The molecule has 0 N–H and O–H groups in total. The van der Waals surface area contributed by atoms with E-state index in [0.717, 1.165) is 11.3 Å². The molecule has 0 spiro atoms. The zero-order valence-corrected chi connectivity index (χ0v) is 9.40. The lowest BCUT2D eigenvalue weighted by atomic mass is 10.2. The van der Waals surface area contributed by atoms with Crippen molar-refractivity contribution in [2.45, 2.75) is 20.0 Å². The summed E-state index contributed by atoms with van der Waals surface area (Å²) in [5.74, 6) is 0.861. The minimum absolute atomic E-state index is 0.258. The number of benzene rings is 1. The van der Waals surface area contributed by atoms with Gasteiger partial charge in [-0.3, -0.25) is 0 Å². The summed E-state index contributed by atoms with van der Waals surface area (Å²) in [5.41, 5.74) is 1.07. The van der Waals surface area contributed by atoms with Crippen LogP contribution in [-0.2, 0) is 4.74 Å². The first-order valence-corrected chi connectivity index (χ1v) is 5.19. The monoisotopic (exact) mass is 206 g/mol. The van der Waals surface area contributed by atoms with E-state index in [1.165, 1.54) is 0 Å². The quantitative estimate of drug-likeness (QED) is 0.666. The fourth-order valence-electron chi connectivity index (χ4n) is 1.17. The molecule has 1 aromatic carbocycles. The van der Waals surface area contributed by atoms with Gasteiger partial charge in [0.15, 0.2) is 0 Å². The molecule has 0 aromatic heterocycles. The standard InChI is InChI=1S/C13H18O2/c1-4-12-6-5-7-13(10-12)15-9-8-14-11(2)3/h4-7,10-11H,1,8-9H2,2-3H3. The average molecular weight is 206 g/mol. The van der Waals surface area contributed by atoms with Crippen molar-refractivity contribution in [2.75, 3.05) is 13.2 Å². The Kier molecular flexibility index (Phi) is 4.91. The van der Waals surface area contributed by atoms with Gasteiger partial charge in [0.25, 0.3) is 0 Å². The van der Waals surface area contributed by atoms with E-state index in [1.807, 2.05) is 38.1 Å². The summed E-state index contributed by atoms with van der Waals surface area (Å²) in [7, 11) is 0. The smallest absolute Gasteiger partial charge is 0.120 e. The van der Waals surface area contributed by atoms with Crippen molar-refractivity contribution in [1.82, 2.24) is 0 Å². The number of hydrogen-bond acceptors (Lipinski definition) is 2. The largest absolute Gasteiger partial charge is 0.491 e. The Hall–Kier alpha value is -1.28. The van der Waals surface area contributed by atoms with Crippen LogP contribution in [0.4, 0.5) is 0 Å². The van der Waals surface area contributed by atoms with E-state index in [4.69, 9.17) is 9.47 Å². The zero-order chi connectivity index (χ0) is 11.1. The maximum Gasteiger partial charge on any atom is 0.120 e. The van der Waals surface area contributed by atoms with Gasteiger partial charge in [0, 0.05) is 0 Å². The first kappa shape index (κ1) is 11.8. The molecule has 0 radical (unpaired) electrons. The molecule has 0 bridgehead atoms. The first-order chi connectivity index (χ1) is 7.22. The van der Waals surface area contributed by atoms with Gasteiger partial charge in [0.1, 0.15) is 12.4 Å². The van der Waals surface area contributed by atoms with Crippen molar-refractivity contribution in [3.63, 3.8) is 0 Å². The lowest BCUT2D eigenvalue weighted by molar-refractivity contribution is 0.0552. The van der Waals surface area contributed by atoms with Crippen molar-refractivity contribution in [1.29, 1.82) is 0 Å². The van der Waals surface area contributed by atoms with Crippen molar-refractivity contribution >= 4 is 6.08 Å². The zero-order valence-electron chi connectivity index (χ0n) is 9.40. The highest BCUT2D eigenvalue weighted by molar-refractivity contribution is 5.49. The minimum atomic E-state index is 0.258. The summed E-state index contributed by atoms with van der Waals surface area (Å²) in [6, 6.07) is 7.84. The van der Waals surface area contributed by atoms with E-state index in [2.05, 4.69) is 6.58 Å². The Labute approximate surface area is 91.5 Å². The van der Waals surface area contributed by atoms with Gasteiger partial charge in [-0.15, -0.1) is 0 Å². The molecular weight excluding hydrogens is 188 g/mol. The number of ether oxygens (including phenoxy) is 2. The van der Waals surface area contributed by atoms with E-state index < -0.39 is 0 Å². The molecule has 2 heteroatoms. The molecule has 0 saturated heterocycles. The summed E-state index contributed by atoms with van der Waals surface area (Å²) >= 11 is 0. The minimum Gasteiger partial charge on any atom is -0.491 e. The predicted octanol–water partition coefficient (Wildman–Crippen LogP) is 3.13. The molecule has 0 unspecified atom stereocenters. The third-order valence-electron chi connectivity index (χ3n) is 1.90. The topological polar surface area (TPSA) is 18.5 Å². The first-order valence-electron chi connectivity index (χ1n) is 5.19. The van der Waals surface area contributed by atoms with Gasteiger partial charge in [0.2, 0.25) is 0 Å². The maximum atomic E-state index is 5.53. The molecule has 1 aromatic rings. The van der Waals surface area contributed by atoms with Crippen LogP contribution in [0.3, 0.4) is 0 Å². The van der Waals surface area contributed by atoms with Crippen LogP contribution < -0.4 is 4.74 Å². The third-order valence-corrected chi connectivity index (χ3v) is 1.90. The van der Waals surface area contributed by atoms with Crippen LogP contribution in [0.1, 0.15) is 19.4 Å². The second kappa shape index (κ2) is 6.25. The molecule has 0 atom stereocenters. The van der Waals surface area contributed by atoms with E-state index >= 15 is 0 Å². The molecule has 0 amide bonds. The Morgan fingerprint density at radius 2 is 2.13 bits per heavy atom. The Bertz CT molecular complexity index is 305. The van der Waals surface area contributed by atoms with Crippen LogP contribution in [0.15, 0.2) is 30.8 Å². The number of rotatable bonds is 6. The molecule has 0 heterocycles. The van der Waals surface area contributed by atoms with Crippen LogP contribution >= 0.6 is 0 Å². The predicted molar refractivity (Wildman–Crippen MR) is 63.1 cm³/mol. The Morgan fingerprint density at radius 1 is 1.33 bits per heavy atom. The van der Waals surface area contributed by atoms with Crippen molar-refractivity contribution in [3.8, 4) is 5.75 Å². The summed E-state index contributed by atoms with van der Waals surface area (Å²) in [6.45, 7) is 8.94. The van der Waals surface area contributed by atoms with Crippen molar-refractivity contribution < 1.29 is 9.47 Å². The molecular formula is C13H18O2. The van der Waals surface area contributed by atoms with Gasteiger partial charge in [-0.05, 0) is 31.5 Å². The summed E-state index contributed by atoms with van der Waals surface area (Å²) < 4.78 is 10.9. The summed E-state index contributed by atoms with van der Waals surface area (Å²) in [5, 5.41) is 0. The highest BCUT2D eigenvalue weighted by Crippen LogP contribution is 2.13. The van der Waals surface area contributed by atoms with E-state index in [-0.39, 0.29) is 6.10 Å². The van der Waals surface area contributed by atoms with E-state index in [0.29, 0.717) is 13.2 Å². The molecule has 15 heavy (non-hydrogen) atoms. The lowest BCUT2D eigenvalue weighted by Crippen LogP contribution is -2.11. The van der Waals surface area contributed by atoms with Gasteiger partial charge in [-0.25, -0.2) is 0 Å². The Morgan fingerprint density at radius 3 is 2.80 bits per heavy atom. The van der Waals surface area contributed by atoms with Crippen LogP contribution in [0, 0.1) is 0 Å². The number of hydrogen-bond donors (Lipinski definition) is 0. The van der Waals surface area contributed by atoms with Gasteiger partial charge in [-0.1, -0.05) is 24.8 Å². The van der Waals surface area contributed by atoms with Crippen LogP contribution in [-0.4, -0.2) is 19.3 Å². The lowest BCUT2D eigenvalue weighted by Gasteiger charge is -2.09. The van der Waals surface area contributed by atoms with Gasteiger partial charge in [0.05, 0.1) is 12.7 Å². The van der Waals surface area contributed by atoms with Gasteiger partial charge < -0.3 is 9.47 Å². The van der Waals surface area contributed by atoms with E-state index in [1.54, 1.807) is 6.08 Å². The summed E-state index contributed by atoms with van der Waals surface area (Å²) in [4.78, 5) is 0. The molecule has 2 nitrogen and oxygen atoms in total. The molecule has 0 saturated carbocycles. The second-order valence-electron chi connectivity index (χ2n) is 3.54. The molecule has 82 valence electrons. The highest BCUT2D eigenvalue weighted by atomic mass is 16.5. The van der Waals surface area contributed by atoms with Gasteiger partial charge in [-0.2, -0.15) is 0 Å². The maximum absolute atomic E-state index is 5.53. The molecule has 0 aliphatic carbocycles. The highest BCUT2D eigenvalue weighted by Gasteiger charge is 1.96. The van der Waals surface area contributed by atoms with Crippen LogP contribution in [0.5, 0.6) is 5.75 Å². The SMILES string of the molecule is C=Cc1cccc(OCCOC(C)C)c1. The fourth-order valence-corrected chi connectivity index (χ4v) is 1.17. The second-order valence-corrected chi connectivity index (χ2v) is 3.54. The van der Waals surface area contributed by atoms with E-state index in [9.17, 15) is 0 Å². The Balaban J connectivity index is 2.34. The molecule has 0 aliphatic rings. The fraction of sp³-hybridized carbons (Fsp3) is 0.385. The molecule has 0 aliphatic heterocycles. The van der Waals surface area contributed by atoms with Crippen molar-refractivity contribution in [2.24, 2.45) is 0 Å². The van der Waals surface area contributed by atoms with Crippen LogP contribution in [0.25, 0.3) is 6.08 Å². The summed E-state index contributed by atoms with van der Waals surface area (Å²) in [6.07, 6.45) is 2.06. The third kappa shape index (κ3) is 4.66. The normalized spacial score (nSPS) is 10.3. The average Bonchev–Trinajstić information content (AvgIpc) is 2.24. The van der Waals surface area contributed by atoms with Crippen LogP contribution in [0.2, 0.25) is 0 Å². The molecule has 1 rings (SSSR count). The van der Waals surface area contributed by atoms with Crippen molar-refractivity contribution in [3.05, 3.63) is 36.4 Å².